The second-order valence-corrected chi connectivity index (χ2v) is 11.0. The number of rotatable bonds is 8. The van der Waals surface area contributed by atoms with Crippen LogP contribution in [-0.4, -0.2) is 48.2 Å². The standard InChI is InChI=1S/C22H37N2O5P/c1-7-27-30(26,28-8-2)22(23-18(3)19-13-10-9-11-14-19)15-12-16-24(17-22)20(25)29-21(4,5)6/h9-11,13-14,18,23H,7-8,12,15-17H2,1-6H3/t18-,22-/m0/s1. The molecule has 0 bridgehead atoms. The van der Waals surface area contributed by atoms with Crippen LogP contribution < -0.4 is 5.32 Å². The summed E-state index contributed by atoms with van der Waals surface area (Å²) in [5.41, 5.74) is 0.455. The lowest BCUT2D eigenvalue weighted by molar-refractivity contribution is 0.0136. The molecule has 1 fully saturated rings. The normalized spacial score (nSPS) is 21.3. The van der Waals surface area contributed by atoms with Crippen LogP contribution >= 0.6 is 7.60 Å². The molecule has 0 unspecified atom stereocenters. The molecule has 0 aromatic heterocycles. The third-order valence-electron chi connectivity index (χ3n) is 5.03. The van der Waals surface area contributed by atoms with Gasteiger partial charge in [-0.1, -0.05) is 30.3 Å². The molecular weight excluding hydrogens is 403 g/mol. The zero-order chi connectivity index (χ0) is 22.4. The fourth-order valence-corrected chi connectivity index (χ4v) is 6.17. The predicted molar refractivity (Wildman–Crippen MR) is 119 cm³/mol. The quantitative estimate of drug-likeness (QED) is 0.551. The molecule has 0 spiro atoms. The minimum Gasteiger partial charge on any atom is -0.444 e. The van der Waals surface area contributed by atoms with Gasteiger partial charge in [-0.15, -0.1) is 0 Å². The fourth-order valence-electron chi connectivity index (χ4n) is 3.79. The van der Waals surface area contributed by atoms with Crippen LogP contribution in [0.25, 0.3) is 0 Å². The van der Waals surface area contributed by atoms with Crippen molar-refractivity contribution in [2.45, 2.75) is 71.3 Å². The molecule has 7 nitrogen and oxygen atoms in total. The number of hydrogen-bond acceptors (Lipinski definition) is 6. The number of ether oxygens (including phenoxy) is 1. The Kier molecular flexibility index (Phi) is 8.51. The number of carbonyl (C=O) groups is 1. The van der Waals surface area contributed by atoms with Gasteiger partial charge >= 0.3 is 13.7 Å². The van der Waals surface area contributed by atoms with Crippen LogP contribution in [0.3, 0.4) is 0 Å². The molecule has 170 valence electrons. The number of likely N-dealkylation sites (tertiary alicyclic amines) is 1. The monoisotopic (exact) mass is 440 g/mol. The minimum atomic E-state index is -3.59. The number of hydrogen-bond donors (Lipinski definition) is 1. The topological polar surface area (TPSA) is 77.1 Å². The van der Waals surface area contributed by atoms with E-state index in [0.717, 1.165) is 5.56 Å². The molecule has 1 N–H and O–H groups in total. The van der Waals surface area contributed by atoms with Gasteiger partial charge in [0.15, 0.2) is 0 Å². The van der Waals surface area contributed by atoms with Crippen LogP contribution in [-0.2, 0) is 18.3 Å². The van der Waals surface area contributed by atoms with Gasteiger partial charge in [-0.05, 0) is 59.9 Å². The van der Waals surface area contributed by atoms with Gasteiger partial charge in [0.2, 0.25) is 0 Å². The first-order valence-corrected chi connectivity index (χ1v) is 12.3. The van der Waals surface area contributed by atoms with Gasteiger partial charge in [0.1, 0.15) is 10.9 Å². The van der Waals surface area contributed by atoms with E-state index in [1.165, 1.54) is 0 Å². The summed E-state index contributed by atoms with van der Waals surface area (Å²) in [6.07, 6.45) is 0.818. The summed E-state index contributed by atoms with van der Waals surface area (Å²) in [5, 5.41) is 2.52. The molecule has 0 aliphatic carbocycles. The zero-order valence-electron chi connectivity index (χ0n) is 19.1. The Morgan fingerprint density at radius 3 is 2.33 bits per heavy atom. The molecular formula is C22H37N2O5P. The van der Waals surface area contributed by atoms with Crippen molar-refractivity contribution in [3.63, 3.8) is 0 Å². The molecule has 8 heteroatoms. The van der Waals surface area contributed by atoms with Gasteiger partial charge in [-0.2, -0.15) is 0 Å². The van der Waals surface area contributed by atoms with Crippen LogP contribution in [0.1, 0.15) is 66.0 Å². The molecule has 2 atom stereocenters. The smallest absolute Gasteiger partial charge is 0.410 e. The third-order valence-corrected chi connectivity index (χ3v) is 7.77. The minimum absolute atomic E-state index is 0.112. The first-order chi connectivity index (χ1) is 14.1. The first-order valence-electron chi connectivity index (χ1n) is 10.8. The zero-order valence-corrected chi connectivity index (χ0v) is 20.0. The van der Waals surface area contributed by atoms with E-state index in [-0.39, 0.29) is 25.8 Å². The van der Waals surface area contributed by atoms with E-state index in [2.05, 4.69) is 5.32 Å². The molecule has 1 saturated heterocycles. The van der Waals surface area contributed by atoms with E-state index in [1.807, 2.05) is 58.0 Å². The number of carbonyl (C=O) groups excluding carboxylic acids is 1. The van der Waals surface area contributed by atoms with E-state index >= 15 is 0 Å². The second-order valence-electron chi connectivity index (χ2n) is 8.65. The Morgan fingerprint density at radius 1 is 1.20 bits per heavy atom. The highest BCUT2D eigenvalue weighted by atomic mass is 31.2. The fraction of sp³-hybridized carbons (Fsp3) is 0.682. The van der Waals surface area contributed by atoms with Crippen molar-refractivity contribution in [3.8, 4) is 0 Å². The Bertz CT molecular complexity index is 727. The number of amides is 1. The molecule has 2 rings (SSSR count). The van der Waals surface area contributed by atoms with Crippen molar-refractivity contribution < 1.29 is 23.1 Å². The molecule has 1 aliphatic heterocycles. The lowest BCUT2D eigenvalue weighted by Crippen LogP contribution is -2.59. The summed E-state index contributed by atoms with van der Waals surface area (Å²) in [7, 11) is -3.59. The summed E-state index contributed by atoms with van der Waals surface area (Å²) in [6, 6.07) is 9.83. The van der Waals surface area contributed by atoms with Crippen LogP contribution in [0.4, 0.5) is 4.79 Å². The number of nitrogens with zero attached hydrogens (tertiary/aromatic N) is 1. The van der Waals surface area contributed by atoms with Crippen molar-refractivity contribution in [1.82, 2.24) is 10.2 Å². The number of nitrogens with one attached hydrogen (secondary N) is 1. The molecule has 1 amide bonds. The molecule has 30 heavy (non-hydrogen) atoms. The van der Waals surface area contributed by atoms with Crippen LogP contribution in [0.5, 0.6) is 0 Å². The van der Waals surface area contributed by atoms with Gasteiger partial charge in [0, 0.05) is 12.6 Å². The van der Waals surface area contributed by atoms with Gasteiger partial charge in [0.05, 0.1) is 19.8 Å². The Hall–Kier alpha value is -1.40. The van der Waals surface area contributed by atoms with Gasteiger partial charge in [-0.3, -0.25) is 9.88 Å². The van der Waals surface area contributed by atoms with E-state index in [0.29, 0.717) is 19.4 Å². The molecule has 0 radical (unpaired) electrons. The SMILES string of the molecule is CCOP(=O)(OCC)[C@@]1(N[C@@H](C)c2ccccc2)CCCN(C(=O)OC(C)(C)C)C1. The third kappa shape index (κ3) is 6.07. The summed E-state index contributed by atoms with van der Waals surface area (Å²) in [5.74, 6) is 0. The van der Waals surface area contributed by atoms with Gasteiger partial charge in [0.25, 0.3) is 0 Å². The van der Waals surface area contributed by atoms with Crippen LogP contribution in [0.2, 0.25) is 0 Å². The highest BCUT2D eigenvalue weighted by Gasteiger charge is 2.54. The van der Waals surface area contributed by atoms with E-state index in [1.54, 1.807) is 18.7 Å². The maximum Gasteiger partial charge on any atom is 0.410 e. The number of benzene rings is 1. The Morgan fingerprint density at radius 2 is 1.80 bits per heavy atom. The molecule has 1 aromatic rings. The van der Waals surface area contributed by atoms with Crippen molar-refractivity contribution >= 4 is 13.7 Å². The Labute approximate surface area is 181 Å². The highest BCUT2D eigenvalue weighted by molar-refractivity contribution is 7.55. The van der Waals surface area contributed by atoms with Crippen molar-refractivity contribution in [2.24, 2.45) is 0 Å². The lowest BCUT2D eigenvalue weighted by atomic mass is 10.0. The largest absolute Gasteiger partial charge is 0.444 e. The predicted octanol–water partition coefficient (Wildman–Crippen LogP) is 5.33. The molecule has 1 heterocycles. The van der Waals surface area contributed by atoms with E-state index in [9.17, 15) is 9.36 Å². The highest BCUT2D eigenvalue weighted by Crippen LogP contribution is 2.62. The average molecular weight is 441 g/mol. The maximum atomic E-state index is 14.0. The van der Waals surface area contributed by atoms with Gasteiger partial charge in [-0.25, -0.2) is 4.79 Å². The van der Waals surface area contributed by atoms with Crippen molar-refractivity contribution in [3.05, 3.63) is 35.9 Å². The summed E-state index contributed by atoms with van der Waals surface area (Å²) >= 11 is 0. The van der Waals surface area contributed by atoms with E-state index in [4.69, 9.17) is 13.8 Å². The maximum absolute atomic E-state index is 14.0. The summed E-state index contributed by atoms with van der Waals surface area (Å²) < 4.78 is 31.1. The van der Waals surface area contributed by atoms with Gasteiger partial charge < -0.3 is 18.7 Å². The average Bonchev–Trinajstić information content (AvgIpc) is 2.68. The molecule has 1 aliphatic rings. The first kappa shape index (κ1) is 24.9. The number of piperidine rings is 1. The summed E-state index contributed by atoms with van der Waals surface area (Å²) in [6.45, 7) is 12.4. The van der Waals surface area contributed by atoms with Crippen molar-refractivity contribution in [2.75, 3.05) is 26.3 Å². The van der Waals surface area contributed by atoms with Crippen LogP contribution in [0, 0.1) is 0 Å². The molecule has 1 aromatic carbocycles. The second kappa shape index (κ2) is 10.3. The van der Waals surface area contributed by atoms with Crippen molar-refractivity contribution in [1.29, 1.82) is 0 Å². The Balaban J connectivity index is 2.39. The summed E-state index contributed by atoms with van der Waals surface area (Å²) in [4.78, 5) is 14.4. The lowest BCUT2D eigenvalue weighted by Gasteiger charge is -2.47. The van der Waals surface area contributed by atoms with E-state index < -0.39 is 24.6 Å². The molecule has 0 saturated carbocycles. The van der Waals surface area contributed by atoms with Crippen LogP contribution in [0.15, 0.2) is 30.3 Å².